The maximum Gasteiger partial charge on any atom is 0.240 e. The molecule has 0 bridgehead atoms. The van der Waals surface area contributed by atoms with Gasteiger partial charge in [0.05, 0.1) is 10.9 Å². The van der Waals surface area contributed by atoms with Crippen molar-refractivity contribution >= 4 is 15.9 Å². The summed E-state index contributed by atoms with van der Waals surface area (Å²) < 4.78 is 53.0. The number of sulfonamides is 1. The number of carbonyl (C=O) groups excluding carboxylic acids is 1. The van der Waals surface area contributed by atoms with Gasteiger partial charge in [-0.15, -0.1) is 0 Å². The fraction of sp³-hybridized carbons (Fsp3) is 0.174. The fourth-order valence-corrected chi connectivity index (χ4v) is 4.12. The molecule has 2 N–H and O–H groups in total. The molecule has 0 spiro atoms. The van der Waals surface area contributed by atoms with E-state index < -0.39 is 26.6 Å². The summed E-state index contributed by atoms with van der Waals surface area (Å²) in [6.07, 6.45) is 0.470. The van der Waals surface area contributed by atoms with Crippen molar-refractivity contribution in [3.8, 4) is 0 Å². The van der Waals surface area contributed by atoms with E-state index in [1.165, 1.54) is 0 Å². The first kappa shape index (κ1) is 22.6. The van der Waals surface area contributed by atoms with E-state index in [0.29, 0.717) is 12.5 Å². The summed E-state index contributed by atoms with van der Waals surface area (Å²) in [5, 5.41) is 2.94. The van der Waals surface area contributed by atoms with Crippen LogP contribution in [0.15, 0.2) is 83.8 Å². The van der Waals surface area contributed by atoms with Crippen molar-refractivity contribution in [2.24, 2.45) is 0 Å². The highest BCUT2D eigenvalue weighted by Gasteiger charge is 2.18. The third-order valence-electron chi connectivity index (χ3n) is 4.67. The second-order valence-corrected chi connectivity index (χ2v) is 8.71. The van der Waals surface area contributed by atoms with Crippen molar-refractivity contribution < 1.29 is 22.0 Å². The Labute approximate surface area is 180 Å². The third-order valence-corrected chi connectivity index (χ3v) is 6.12. The molecule has 1 atom stereocenters. The molecule has 0 radical (unpaired) electrons. The van der Waals surface area contributed by atoms with Gasteiger partial charge in [0.25, 0.3) is 0 Å². The number of benzene rings is 3. The summed E-state index contributed by atoms with van der Waals surface area (Å²) in [7, 11) is -4.06. The van der Waals surface area contributed by atoms with Gasteiger partial charge in [-0.05, 0) is 35.7 Å². The van der Waals surface area contributed by atoms with Crippen molar-refractivity contribution in [1.29, 1.82) is 0 Å². The smallest absolute Gasteiger partial charge is 0.240 e. The van der Waals surface area contributed by atoms with Gasteiger partial charge < -0.3 is 5.32 Å². The average molecular weight is 445 g/mol. The fourth-order valence-electron chi connectivity index (χ4n) is 3.08. The molecule has 1 unspecified atom stereocenters. The molecule has 0 aromatic heterocycles. The summed E-state index contributed by atoms with van der Waals surface area (Å²) in [5.74, 6) is -2.73. The summed E-state index contributed by atoms with van der Waals surface area (Å²) >= 11 is 0. The van der Waals surface area contributed by atoms with E-state index in [-0.39, 0.29) is 24.9 Å². The Morgan fingerprint density at radius 1 is 0.871 bits per heavy atom. The standard InChI is InChI=1S/C23H22F2N2O3S/c24-20-12-11-19(16-21(20)25)31(29,30)26-14-13-23(28)27-22(18-9-5-2-6-10-18)15-17-7-3-1-4-8-17/h1-12,16,22,26H,13-15H2,(H,27,28). The molecule has 3 aromatic rings. The highest BCUT2D eigenvalue weighted by Crippen LogP contribution is 2.19. The third kappa shape index (κ3) is 6.44. The number of hydrogen-bond donors (Lipinski definition) is 2. The van der Waals surface area contributed by atoms with E-state index in [1.807, 2.05) is 60.7 Å². The molecule has 0 fully saturated rings. The van der Waals surface area contributed by atoms with Crippen LogP contribution in [0.3, 0.4) is 0 Å². The van der Waals surface area contributed by atoms with Crippen LogP contribution in [0, 0.1) is 11.6 Å². The zero-order valence-electron chi connectivity index (χ0n) is 16.6. The summed E-state index contributed by atoms with van der Waals surface area (Å²) in [4.78, 5) is 12.1. The lowest BCUT2D eigenvalue weighted by Crippen LogP contribution is -2.33. The lowest BCUT2D eigenvalue weighted by atomic mass is 9.98. The predicted molar refractivity (Wildman–Crippen MR) is 114 cm³/mol. The highest BCUT2D eigenvalue weighted by molar-refractivity contribution is 7.89. The Kier molecular flexibility index (Phi) is 7.49. The van der Waals surface area contributed by atoms with Crippen LogP contribution in [-0.2, 0) is 21.2 Å². The van der Waals surface area contributed by atoms with Gasteiger partial charge in [-0.25, -0.2) is 21.9 Å². The first-order valence-electron chi connectivity index (χ1n) is 9.68. The van der Waals surface area contributed by atoms with Gasteiger partial charge in [0.1, 0.15) is 0 Å². The highest BCUT2D eigenvalue weighted by atomic mass is 32.2. The second-order valence-electron chi connectivity index (χ2n) is 6.94. The van der Waals surface area contributed by atoms with Crippen molar-refractivity contribution in [2.45, 2.75) is 23.8 Å². The molecule has 3 aromatic carbocycles. The van der Waals surface area contributed by atoms with Gasteiger partial charge in [0.15, 0.2) is 11.6 Å². The van der Waals surface area contributed by atoms with E-state index in [9.17, 15) is 22.0 Å². The lowest BCUT2D eigenvalue weighted by molar-refractivity contribution is -0.121. The zero-order chi connectivity index (χ0) is 22.3. The SMILES string of the molecule is O=C(CCNS(=O)(=O)c1ccc(F)c(F)c1)NC(Cc1ccccc1)c1ccccc1. The van der Waals surface area contributed by atoms with Crippen molar-refractivity contribution in [2.75, 3.05) is 6.54 Å². The molecule has 0 aliphatic rings. The van der Waals surface area contributed by atoms with E-state index in [2.05, 4.69) is 10.0 Å². The van der Waals surface area contributed by atoms with Crippen LogP contribution in [0.25, 0.3) is 0 Å². The lowest BCUT2D eigenvalue weighted by Gasteiger charge is -2.20. The Morgan fingerprint density at radius 2 is 1.52 bits per heavy atom. The summed E-state index contributed by atoms with van der Waals surface area (Å²) in [6, 6.07) is 21.2. The molecule has 31 heavy (non-hydrogen) atoms. The largest absolute Gasteiger partial charge is 0.349 e. The van der Waals surface area contributed by atoms with Crippen molar-refractivity contribution in [3.63, 3.8) is 0 Å². The number of nitrogens with one attached hydrogen (secondary N) is 2. The Morgan fingerprint density at radius 3 is 2.16 bits per heavy atom. The van der Waals surface area contributed by atoms with Crippen LogP contribution in [0.2, 0.25) is 0 Å². The first-order valence-corrected chi connectivity index (χ1v) is 11.2. The minimum absolute atomic E-state index is 0.110. The maximum atomic E-state index is 13.3. The number of hydrogen-bond acceptors (Lipinski definition) is 3. The minimum atomic E-state index is -4.06. The molecule has 1 amide bonds. The molecular weight excluding hydrogens is 422 g/mol. The maximum absolute atomic E-state index is 13.3. The Bertz CT molecular complexity index is 1120. The minimum Gasteiger partial charge on any atom is -0.349 e. The second kappa shape index (κ2) is 10.3. The molecule has 0 aliphatic carbocycles. The van der Waals surface area contributed by atoms with Crippen molar-refractivity contribution in [3.05, 3.63) is 102 Å². The van der Waals surface area contributed by atoms with E-state index in [4.69, 9.17) is 0 Å². The van der Waals surface area contributed by atoms with E-state index in [0.717, 1.165) is 23.3 Å². The van der Waals surface area contributed by atoms with Crippen LogP contribution in [0.1, 0.15) is 23.6 Å². The molecule has 0 saturated carbocycles. The van der Waals surface area contributed by atoms with Gasteiger partial charge in [-0.1, -0.05) is 60.7 Å². The molecule has 8 heteroatoms. The molecule has 162 valence electrons. The van der Waals surface area contributed by atoms with Gasteiger partial charge in [0, 0.05) is 13.0 Å². The molecule has 5 nitrogen and oxygen atoms in total. The number of amides is 1. The van der Waals surface area contributed by atoms with Crippen LogP contribution in [0.4, 0.5) is 8.78 Å². The Balaban J connectivity index is 1.61. The average Bonchev–Trinajstić information content (AvgIpc) is 2.76. The van der Waals surface area contributed by atoms with Crippen LogP contribution >= 0.6 is 0 Å². The number of carbonyl (C=O) groups is 1. The van der Waals surface area contributed by atoms with Gasteiger partial charge in [-0.3, -0.25) is 4.79 Å². The topological polar surface area (TPSA) is 75.3 Å². The molecule has 0 saturated heterocycles. The van der Waals surface area contributed by atoms with Crippen LogP contribution in [-0.4, -0.2) is 20.9 Å². The van der Waals surface area contributed by atoms with Gasteiger partial charge in [0.2, 0.25) is 15.9 Å². The first-order chi connectivity index (χ1) is 14.8. The number of halogens is 2. The monoisotopic (exact) mass is 444 g/mol. The van der Waals surface area contributed by atoms with Crippen LogP contribution in [0.5, 0.6) is 0 Å². The Hall–Kier alpha value is -3.10. The van der Waals surface area contributed by atoms with Gasteiger partial charge >= 0.3 is 0 Å². The van der Waals surface area contributed by atoms with Gasteiger partial charge in [-0.2, -0.15) is 0 Å². The number of rotatable bonds is 9. The molecule has 3 rings (SSSR count). The normalized spacial score (nSPS) is 12.3. The zero-order valence-corrected chi connectivity index (χ0v) is 17.4. The predicted octanol–water partition coefficient (Wildman–Crippen LogP) is 3.73. The van der Waals surface area contributed by atoms with Crippen LogP contribution < -0.4 is 10.0 Å². The van der Waals surface area contributed by atoms with E-state index in [1.54, 1.807) is 0 Å². The molecule has 0 heterocycles. The quantitative estimate of drug-likeness (QED) is 0.528. The van der Waals surface area contributed by atoms with Crippen molar-refractivity contribution in [1.82, 2.24) is 10.0 Å². The summed E-state index contributed by atoms with van der Waals surface area (Å²) in [6.45, 7) is -0.181. The van der Waals surface area contributed by atoms with E-state index >= 15 is 0 Å². The molecular formula is C23H22F2N2O3S. The molecule has 0 aliphatic heterocycles. The summed E-state index contributed by atoms with van der Waals surface area (Å²) in [5.41, 5.74) is 1.98.